The van der Waals surface area contributed by atoms with Crippen LogP contribution in [0.2, 0.25) is 0 Å². The fraction of sp³-hybridized carbons (Fsp3) is 0.385. The van der Waals surface area contributed by atoms with Crippen molar-refractivity contribution in [2.75, 3.05) is 0 Å². The summed E-state index contributed by atoms with van der Waals surface area (Å²) in [6.07, 6.45) is 0.881. The van der Waals surface area contributed by atoms with Crippen LogP contribution in [-0.2, 0) is 16.0 Å². The molecule has 98 valence electrons. The monoisotopic (exact) mass is 253 g/mol. The Bertz CT molecular complexity index is 457. The molecule has 0 aromatic heterocycles. The van der Waals surface area contributed by atoms with E-state index in [4.69, 9.17) is 5.11 Å². The number of amides is 1. The van der Waals surface area contributed by atoms with E-state index in [1.165, 1.54) is 6.07 Å². The Hall–Kier alpha value is -1.91. The molecule has 0 radical (unpaired) electrons. The van der Waals surface area contributed by atoms with E-state index >= 15 is 0 Å². The Balaban J connectivity index is 2.59. The highest BCUT2D eigenvalue weighted by atomic mass is 19.1. The number of benzene rings is 1. The Labute approximate surface area is 105 Å². The van der Waals surface area contributed by atoms with Gasteiger partial charge in [0, 0.05) is 5.54 Å². The molecule has 4 nitrogen and oxygen atoms in total. The Kier molecular flexibility index (Phi) is 4.42. The molecule has 0 heterocycles. The van der Waals surface area contributed by atoms with E-state index < -0.39 is 17.4 Å². The summed E-state index contributed by atoms with van der Waals surface area (Å²) in [5, 5.41) is 10.9. The molecule has 0 bridgehead atoms. The van der Waals surface area contributed by atoms with Crippen molar-refractivity contribution < 1.29 is 19.1 Å². The van der Waals surface area contributed by atoms with Crippen LogP contribution < -0.4 is 5.32 Å². The van der Waals surface area contributed by atoms with Crippen LogP contribution in [0.5, 0.6) is 0 Å². The van der Waals surface area contributed by atoms with E-state index in [1.54, 1.807) is 32.0 Å². The summed E-state index contributed by atoms with van der Waals surface area (Å²) >= 11 is 0. The zero-order chi connectivity index (χ0) is 13.8. The van der Waals surface area contributed by atoms with Gasteiger partial charge >= 0.3 is 11.9 Å². The van der Waals surface area contributed by atoms with Gasteiger partial charge in [0.05, 0.1) is 0 Å². The van der Waals surface area contributed by atoms with Gasteiger partial charge in [0.15, 0.2) is 0 Å². The molecular formula is C13H16FNO3. The van der Waals surface area contributed by atoms with E-state index in [1.807, 2.05) is 0 Å². The van der Waals surface area contributed by atoms with Crippen LogP contribution in [0.4, 0.5) is 4.39 Å². The molecule has 0 saturated carbocycles. The molecule has 2 N–H and O–H groups in total. The summed E-state index contributed by atoms with van der Waals surface area (Å²) in [5.74, 6) is -2.86. The molecular weight excluding hydrogens is 237 g/mol. The zero-order valence-corrected chi connectivity index (χ0v) is 10.4. The molecule has 1 amide bonds. The highest BCUT2D eigenvalue weighted by molar-refractivity contribution is 6.31. The number of carboxylic acid groups (broad SMARTS) is 1. The number of carboxylic acids is 1. The molecule has 1 aromatic rings. The lowest BCUT2D eigenvalue weighted by atomic mass is 9.95. The van der Waals surface area contributed by atoms with E-state index in [0.717, 1.165) is 0 Å². The average molecular weight is 253 g/mol. The van der Waals surface area contributed by atoms with Crippen molar-refractivity contribution in [3.63, 3.8) is 0 Å². The molecule has 0 aliphatic heterocycles. The van der Waals surface area contributed by atoms with E-state index in [0.29, 0.717) is 18.4 Å². The minimum absolute atomic E-state index is 0.294. The smallest absolute Gasteiger partial charge is 0.394 e. The summed E-state index contributed by atoms with van der Waals surface area (Å²) in [6, 6.07) is 6.39. The lowest BCUT2D eigenvalue weighted by Gasteiger charge is -2.25. The molecule has 1 rings (SSSR count). The van der Waals surface area contributed by atoms with Gasteiger partial charge in [-0.3, -0.25) is 4.79 Å². The molecule has 0 saturated heterocycles. The van der Waals surface area contributed by atoms with Gasteiger partial charge < -0.3 is 10.4 Å². The van der Waals surface area contributed by atoms with Gasteiger partial charge in [-0.25, -0.2) is 9.18 Å². The molecule has 5 heteroatoms. The number of nitrogens with one attached hydrogen (secondary N) is 1. The van der Waals surface area contributed by atoms with Crippen LogP contribution in [0.15, 0.2) is 24.3 Å². The highest BCUT2D eigenvalue weighted by Crippen LogP contribution is 2.15. The third-order valence-corrected chi connectivity index (χ3v) is 2.62. The second kappa shape index (κ2) is 5.62. The minimum Gasteiger partial charge on any atom is -0.474 e. The molecule has 0 unspecified atom stereocenters. The van der Waals surface area contributed by atoms with Crippen LogP contribution in [0.3, 0.4) is 0 Å². The SMILES string of the molecule is CC(C)(CCc1ccccc1F)NC(=O)C(=O)O. The van der Waals surface area contributed by atoms with Crippen molar-refractivity contribution in [2.24, 2.45) is 0 Å². The number of carbonyl (C=O) groups is 2. The second-order valence-corrected chi connectivity index (χ2v) is 4.73. The lowest BCUT2D eigenvalue weighted by molar-refractivity contribution is -0.151. The third-order valence-electron chi connectivity index (χ3n) is 2.62. The third kappa shape index (κ3) is 4.16. The Morgan fingerprint density at radius 2 is 1.94 bits per heavy atom. The van der Waals surface area contributed by atoms with Crippen LogP contribution in [0.1, 0.15) is 25.8 Å². The fourth-order valence-electron chi connectivity index (χ4n) is 1.57. The minimum atomic E-state index is -1.52. The summed E-state index contributed by atoms with van der Waals surface area (Å²) in [7, 11) is 0. The van der Waals surface area contributed by atoms with Gasteiger partial charge in [0.1, 0.15) is 5.82 Å². The second-order valence-electron chi connectivity index (χ2n) is 4.73. The van der Waals surface area contributed by atoms with Gasteiger partial charge in [-0.05, 0) is 38.3 Å². The quantitative estimate of drug-likeness (QED) is 0.803. The number of carbonyl (C=O) groups excluding carboxylic acids is 1. The number of rotatable bonds is 4. The van der Waals surface area contributed by atoms with Crippen molar-refractivity contribution in [3.8, 4) is 0 Å². The Morgan fingerprint density at radius 1 is 1.33 bits per heavy atom. The number of aliphatic carboxylic acids is 1. The van der Waals surface area contributed by atoms with Crippen molar-refractivity contribution in [1.82, 2.24) is 5.32 Å². The van der Waals surface area contributed by atoms with Crippen LogP contribution >= 0.6 is 0 Å². The number of halogens is 1. The van der Waals surface area contributed by atoms with Crippen molar-refractivity contribution in [3.05, 3.63) is 35.6 Å². The predicted octanol–water partition coefficient (Wildman–Crippen LogP) is 1.74. The normalized spacial score (nSPS) is 11.1. The predicted molar refractivity (Wildman–Crippen MR) is 64.6 cm³/mol. The molecule has 0 aliphatic carbocycles. The van der Waals surface area contributed by atoms with Crippen molar-refractivity contribution in [1.29, 1.82) is 0 Å². The van der Waals surface area contributed by atoms with Gasteiger partial charge in [-0.15, -0.1) is 0 Å². The maximum absolute atomic E-state index is 13.4. The van der Waals surface area contributed by atoms with Gasteiger partial charge in [-0.1, -0.05) is 18.2 Å². The maximum Gasteiger partial charge on any atom is 0.394 e. The molecule has 18 heavy (non-hydrogen) atoms. The highest BCUT2D eigenvalue weighted by Gasteiger charge is 2.24. The molecule has 0 aliphatic rings. The lowest BCUT2D eigenvalue weighted by Crippen LogP contribution is -2.46. The summed E-state index contributed by atoms with van der Waals surface area (Å²) in [4.78, 5) is 21.5. The summed E-state index contributed by atoms with van der Waals surface area (Å²) in [6.45, 7) is 3.41. The maximum atomic E-state index is 13.4. The summed E-state index contributed by atoms with van der Waals surface area (Å²) in [5.41, 5.74) is -0.146. The van der Waals surface area contributed by atoms with Crippen LogP contribution in [-0.4, -0.2) is 22.5 Å². The first-order chi connectivity index (χ1) is 8.32. The first kappa shape index (κ1) is 14.2. The Morgan fingerprint density at radius 3 is 2.50 bits per heavy atom. The van der Waals surface area contributed by atoms with Crippen molar-refractivity contribution in [2.45, 2.75) is 32.2 Å². The standard InChI is InChI=1S/C13H16FNO3/c1-13(2,15-11(16)12(17)18)8-7-9-5-3-4-6-10(9)14/h3-6H,7-8H2,1-2H3,(H,15,16)(H,17,18). The number of hydrogen-bond acceptors (Lipinski definition) is 2. The van der Waals surface area contributed by atoms with Crippen molar-refractivity contribution >= 4 is 11.9 Å². The molecule has 0 atom stereocenters. The van der Waals surface area contributed by atoms with Crippen LogP contribution in [0.25, 0.3) is 0 Å². The topological polar surface area (TPSA) is 66.4 Å². The van der Waals surface area contributed by atoms with Gasteiger partial charge in [-0.2, -0.15) is 0 Å². The average Bonchev–Trinajstić information content (AvgIpc) is 2.27. The molecule has 0 fully saturated rings. The fourth-order valence-corrected chi connectivity index (χ4v) is 1.57. The first-order valence-corrected chi connectivity index (χ1v) is 5.61. The van der Waals surface area contributed by atoms with Gasteiger partial charge in [0.25, 0.3) is 0 Å². The molecule has 0 spiro atoms. The van der Waals surface area contributed by atoms with Crippen LogP contribution in [0, 0.1) is 5.82 Å². The van der Waals surface area contributed by atoms with E-state index in [-0.39, 0.29) is 5.82 Å². The van der Waals surface area contributed by atoms with E-state index in [9.17, 15) is 14.0 Å². The van der Waals surface area contributed by atoms with Gasteiger partial charge in [0.2, 0.25) is 0 Å². The zero-order valence-electron chi connectivity index (χ0n) is 10.4. The first-order valence-electron chi connectivity index (χ1n) is 5.61. The molecule has 1 aromatic carbocycles. The van der Waals surface area contributed by atoms with E-state index in [2.05, 4.69) is 5.32 Å². The summed E-state index contributed by atoms with van der Waals surface area (Å²) < 4.78 is 13.4. The largest absolute Gasteiger partial charge is 0.474 e. The number of aryl methyl sites for hydroxylation is 1. The number of hydrogen-bond donors (Lipinski definition) is 2.